The summed E-state index contributed by atoms with van der Waals surface area (Å²) in [4.78, 5) is 33.6. The van der Waals surface area contributed by atoms with E-state index in [1.807, 2.05) is 0 Å². The Kier molecular flexibility index (Phi) is 4.51. The highest BCUT2D eigenvalue weighted by atomic mass is 16.6. The minimum Gasteiger partial charge on any atom is -0.478 e. The van der Waals surface area contributed by atoms with Crippen LogP contribution in [0.2, 0.25) is 0 Å². The van der Waals surface area contributed by atoms with Gasteiger partial charge in [0.25, 0.3) is 5.69 Å². The first-order valence-electron chi connectivity index (χ1n) is 6.43. The van der Waals surface area contributed by atoms with E-state index in [0.29, 0.717) is 0 Å². The molecule has 0 aromatic heterocycles. The van der Waals surface area contributed by atoms with Crippen molar-refractivity contribution in [1.82, 2.24) is 0 Å². The van der Waals surface area contributed by atoms with Crippen molar-refractivity contribution in [2.75, 3.05) is 0 Å². The van der Waals surface area contributed by atoms with Crippen molar-refractivity contribution < 1.29 is 24.7 Å². The van der Waals surface area contributed by atoms with Crippen LogP contribution < -0.4 is 0 Å². The van der Waals surface area contributed by atoms with Crippen LogP contribution in [0.15, 0.2) is 54.6 Å². The van der Waals surface area contributed by atoms with Crippen molar-refractivity contribution in [2.24, 2.45) is 0 Å². The second-order valence-electron chi connectivity index (χ2n) is 4.50. The molecular weight excluding hydrogens is 302 g/mol. The summed E-state index contributed by atoms with van der Waals surface area (Å²) in [6.07, 6.45) is 0. The number of nitro benzene ring substituents is 1. The van der Waals surface area contributed by atoms with Crippen LogP contribution in [0.5, 0.6) is 0 Å². The number of carbonyl (C=O) groups is 2. The molecule has 23 heavy (non-hydrogen) atoms. The topological polar surface area (TPSA) is 118 Å². The highest BCUT2D eigenvalue weighted by Crippen LogP contribution is 2.32. The van der Waals surface area contributed by atoms with Gasteiger partial charge in [-0.05, 0) is 11.6 Å². The summed E-state index contributed by atoms with van der Waals surface area (Å²) in [6, 6.07) is 12.8. The molecule has 0 aliphatic carbocycles. The van der Waals surface area contributed by atoms with E-state index in [9.17, 15) is 29.9 Å². The lowest BCUT2D eigenvalue weighted by Crippen LogP contribution is -2.11. The zero-order valence-electron chi connectivity index (χ0n) is 11.7. The fourth-order valence-electron chi connectivity index (χ4n) is 2.18. The molecule has 0 aliphatic rings. The largest absolute Gasteiger partial charge is 0.478 e. The lowest BCUT2D eigenvalue weighted by molar-refractivity contribution is -0.385. The Balaban J connectivity index is 2.87. The number of rotatable bonds is 5. The van der Waals surface area contributed by atoms with E-state index >= 15 is 0 Å². The predicted octanol–water partition coefficient (Wildman–Crippen LogP) is 2.67. The van der Waals surface area contributed by atoms with Gasteiger partial charge >= 0.3 is 11.9 Å². The van der Waals surface area contributed by atoms with Crippen molar-refractivity contribution in [1.29, 1.82) is 0 Å². The Morgan fingerprint density at radius 3 is 1.87 bits per heavy atom. The quantitative estimate of drug-likeness (QED) is 0.379. The first-order chi connectivity index (χ1) is 10.9. The maximum atomic E-state index is 11.7. The van der Waals surface area contributed by atoms with Gasteiger partial charge in [-0.2, -0.15) is 0 Å². The molecular formula is C16H11NO6. The molecule has 0 spiro atoms. The van der Waals surface area contributed by atoms with E-state index < -0.39 is 33.7 Å². The molecule has 0 unspecified atom stereocenters. The molecule has 2 rings (SSSR count). The Labute approximate surface area is 130 Å². The molecule has 0 atom stereocenters. The van der Waals surface area contributed by atoms with Crippen LogP contribution in [-0.2, 0) is 9.59 Å². The predicted molar refractivity (Wildman–Crippen MR) is 81.6 cm³/mol. The number of aliphatic carboxylic acids is 2. The summed E-state index contributed by atoms with van der Waals surface area (Å²) < 4.78 is 0. The van der Waals surface area contributed by atoms with Gasteiger partial charge in [-0.15, -0.1) is 0 Å². The molecule has 0 saturated carbocycles. The number of nitro groups is 1. The monoisotopic (exact) mass is 313 g/mol. The van der Waals surface area contributed by atoms with Gasteiger partial charge in [0.1, 0.15) is 0 Å². The van der Waals surface area contributed by atoms with Crippen molar-refractivity contribution >= 4 is 28.8 Å². The average Bonchev–Trinajstić information content (AvgIpc) is 2.52. The summed E-state index contributed by atoms with van der Waals surface area (Å²) in [5.74, 6) is -3.03. The molecule has 2 N–H and O–H groups in total. The molecule has 2 aromatic carbocycles. The molecule has 0 bridgehead atoms. The first-order valence-corrected chi connectivity index (χ1v) is 6.43. The summed E-state index contributed by atoms with van der Waals surface area (Å²) in [5, 5.41) is 30.0. The molecule has 0 fully saturated rings. The van der Waals surface area contributed by atoms with E-state index in [-0.39, 0.29) is 11.1 Å². The summed E-state index contributed by atoms with van der Waals surface area (Å²) in [6.45, 7) is 0. The maximum absolute atomic E-state index is 11.7. The van der Waals surface area contributed by atoms with Crippen LogP contribution in [0.4, 0.5) is 5.69 Å². The fourth-order valence-corrected chi connectivity index (χ4v) is 2.18. The van der Waals surface area contributed by atoms with Gasteiger partial charge in [0.15, 0.2) is 0 Å². The van der Waals surface area contributed by atoms with Gasteiger partial charge in [0, 0.05) is 6.07 Å². The first kappa shape index (κ1) is 15.9. The highest BCUT2D eigenvalue weighted by Gasteiger charge is 2.28. The number of nitrogens with zero attached hydrogens (tertiary/aromatic N) is 1. The van der Waals surface area contributed by atoms with Gasteiger partial charge in [-0.1, -0.05) is 42.5 Å². The van der Waals surface area contributed by atoms with E-state index in [0.717, 1.165) is 6.07 Å². The Hall–Kier alpha value is -3.48. The third-order valence-electron chi connectivity index (χ3n) is 3.11. The number of carboxylic acid groups (broad SMARTS) is 2. The summed E-state index contributed by atoms with van der Waals surface area (Å²) in [5.41, 5.74) is -1.72. The number of benzene rings is 2. The van der Waals surface area contributed by atoms with Crippen LogP contribution in [0.25, 0.3) is 11.1 Å². The molecule has 0 heterocycles. The van der Waals surface area contributed by atoms with E-state index in [4.69, 9.17) is 0 Å². The van der Waals surface area contributed by atoms with Gasteiger partial charge < -0.3 is 10.2 Å². The van der Waals surface area contributed by atoms with Crippen LogP contribution in [0.1, 0.15) is 11.1 Å². The Morgan fingerprint density at radius 1 is 0.826 bits per heavy atom. The van der Waals surface area contributed by atoms with Crippen molar-refractivity contribution in [3.05, 3.63) is 75.8 Å². The zero-order chi connectivity index (χ0) is 17.0. The fraction of sp³-hybridized carbons (Fsp3) is 0. The average molecular weight is 313 g/mol. The van der Waals surface area contributed by atoms with Crippen LogP contribution in [0, 0.1) is 10.1 Å². The Bertz CT molecular complexity index is 810. The number of para-hydroxylation sites is 1. The normalized spacial score (nSPS) is 11.5. The minimum atomic E-state index is -1.56. The van der Waals surface area contributed by atoms with Crippen LogP contribution in [0.3, 0.4) is 0 Å². The summed E-state index contributed by atoms with van der Waals surface area (Å²) in [7, 11) is 0. The second-order valence-corrected chi connectivity index (χ2v) is 4.50. The number of hydrogen-bond acceptors (Lipinski definition) is 4. The van der Waals surface area contributed by atoms with Gasteiger partial charge in [0.2, 0.25) is 0 Å². The molecule has 116 valence electrons. The van der Waals surface area contributed by atoms with Gasteiger partial charge in [-0.25, -0.2) is 9.59 Å². The number of hydrogen-bond donors (Lipinski definition) is 2. The molecule has 7 nitrogen and oxygen atoms in total. The molecule has 0 radical (unpaired) electrons. The summed E-state index contributed by atoms with van der Waals surface area (Å²) >= 11 is 0. The smallest absolute Gasteiger partial charge is 0.337 e. The third-order valence-corrected chi connectivity index (χ3v) is 3.11. The van der Waals surface area contributed by atoms with Gasteiger partial charge in [-0.3, -0.25) is 10.1 Å². The van der Waals surface area contributed by atoms with Crippen LogP contribution in [-0.4, -0.2) is 27.1 Å². The maximum Gasteiger partial charge on any atom is 0.337 e. The van der Waals surface area contributed by atoms with Crippen molar-refractivity contribution in [3.63, 3.8) is 0 Å². The van der Waals surface area contributed by atoms with E-state index in [1.165, 1.54) is 30.3 Å². The third kappa shape index (κ3) is 3.24. The van der Waals surface area contributed by atoms with Crippen LogP contribution >= 0.6 is 0 Å². The Morgan fingerprint density at radius 2 is 1.35 bits per heavy atom. The molecule has 0 saturated heterocycles. The van der Waals surface area contributed by atoms with Gasteiger partial charge in [0.05, 0.1) is 21.6 Å². The van der Waals surface area contributed by atoms with Crippen molar-refractivity contribution in [3.8, 4) is 0 Å². The second kappa shape index (κ2) is 6.52. The standard InChI is InChI=1S/C16H11NO6/c18-15(19)13(10-6-2-1-3-7-10)14(16(20)21)11-8-4-5-9-12(11)17(22)23/h1-9H,(H,18,19)(H,20,21). The molecule has 7 heteroatoms. The zero-order valence-corrected chi connectivity index (χ0v) is 11.7. The number of carboxylic acids is 2. The molecule has 2 aromatic rings. The lowest BCUT2D eigenvalue weighted by atomic mass is 9.93. The van der Waals surface area contributed by atoms with E-state index in [1.54, 1.807) is 18.2 Å². The lowest BCUT2D eigenvalue weighted by Gasteiger charge is -2.10. The minimum absolute atomic E-state index is 0.149. The molecule has 0 aliphatic heterocycles. The van der Waals surface area contributed by atoms with Crippen molar-refractivity contribution in [2.45, 2.75) is 0 Å². The highest BCUT2D eigenvalue weighted by molar-refractivity contribution is 6.37. The molecule has 0 amide bonds. The van der Waals surface area contributed by atoms with E-state index in [2.05, 4.69) is 0 Å². The SMILES string of the molecule is O=C(O)C(=C(C(=O)O)c1ccccc1[N+](=O)[O-])c1ccccc1.